The van der Waals surface area contributed by atoms with Gasteiger partial charge in [-0.15, -0.1) is 0 Å². The molecule has 1 unspecified atom stereocenters. The topological polar surface area (TPSA) is 38.3 Å². The van der Waals surface area contributed by atoms with Crippen molar-refractivity contribution in [2.75, 3.05) is 12.4 Å². The molecule has 0 fully saturated rings. The maximum absolute atomic E-state index is 13.7. The Balaban J connectivity index is 2.18. The minimum Gasteiger partial charge on any atom is -0.465 e. The average molecular weight is 273 g/mol. The number of benzene rings is 2. The first kappa shape index (κ1) is 14.1. The van der Waals surface area contributed by atoms with E-state index in [-0.39, 0.29) is 11.9 Å². The van der Waals surface area contributed by atoms with Crippen LogP contribution in [0.1, 0.15) is 28.9 Å². The van der Waals surface area contributed by atoms with Gasteiger partial charge in [0.25, 0.3) is 0 Å². The quantitative estimate of drug-likeness (QED) is 0.861. The fourth-order valence-corrected chi connectivity index (χ4v) is 2.01. The fraction of sp³-hybridized carbons (Fsp3) is 0.188. The molecule has 0 aliphatic heterocycles. The van der Waals surface area contributed by atoms with Gasteiger partial charge in [-0.1, -0.05) is 24.3 Å². The molecule has 0 radical (unpaired) electrons. The van der Waals surface area contributed by atoms with Gasteiger partial charge in [-0.05, 0) is 31.2 Å². The molecule has 0 saturated heterocycles. The summed E-state index contributed by atoms with van der Waals surface area (Å²) in [6.45, 7) is 1.86. The van der Waals surface area contributed by atoms with E-state index in [1.807, 2.05) is 13.0 Å². The van der Waals surface area contributed by atoms with Crippen LogP contribution < -0.4 is 5.32 Å². The Morgan fingerprint density at radius 3 is 2.65 bits per heavy atom. The molecule has 0 saturated carbocycles. The number of ether oxygens (including phenoxy) is 1. The van der Waals surface area contributed by atoms with Gasteiger partial charge < -0.3 is 10.1 Å². The third-order valence-electron chi connectivity index (χ3n) is 3.04. The maximum Gasteiger partial charge on any atom is 0.337 e. The highest BCUT2D eigenvalue weighted by Gasteiger charge is 2.11. The minimum absolute atomic E-state index is 0.205. The number of nitrogens with one attached hydrogen (secondary N) is 1. The van der Waals surface area contributed by atoms with Crippen molar-refractivity contribution < 1.29 is 13.9 Å². The molecule has 104 valence electrons. The number of halogens is 1. The number of esters is 1. The molecule has 4 heteroatoms. The Kier molecular flexibility index (Phi) is 4.35. The summed E-state index contributed by atoms with van der Waals surface area (Å²) in [4.78, 5) is 11.5. The molecule has 0 amide bonds. The van der Waals surface area contributed by atoms with E-state index in [1.54, 1.807) is 36.4 Å². The summed E-state index contributed by atoms with van der Waals surface area (Å²) >= 11 is 0. The monoisotopic (exact) mass is 273 g/mol. The van der Waals surface area contributed by atoms with Crippen LogP contribution in [0.5, 0.6) is 0 Å². The number of rotatable bonds is 4. The highest BCUT2D eigenvalue weighted by molar-refractivity contribution is 5.90. The van der Waals surface area contributed by atoms with Crippen molar-refractivity contribution in [3.05, 3.63) is 65.5 Å². The van der Waals surface area contributed by atoms with E-state index in [0.29, 0.717) is 11.1 Å². The molecule has 2 rings (SSSR count). The van der Waals surface area contributed by atoms with Gasteiger partial charge in [-0.2, -0.15) is 0 Å². The molecule has 2 aromatic carbocycles. The van der Waals surface area contributed by atoms with Crippen molar-refractivity contribution in [2.45, 2.75) is 13.0 Å². The fourth-order valence-electron chi connectivity index (χ4n) is 2.01. The van der Waals surface area contributed by atoms with Crippen molar-refractivity contribution >= 4 is 11.7 Å². The van der Waals surface area contributed by atoms with Crippen LogP contribution in [0.3, 0.4) is 0 Å². The normalized spacial score (nSPS) is 11.8. The number of carbonyl (C=O) groups excluding carboxylic acids is 1. The first-order valence-electron chi connectivity index (χ1n) is 6.31. The summed E-state index contributed by atoms with van der Waals surface area (Å²) in [5, 5.41) is 3.17. The van der Waals surface area contributed by atoms with E-state index in [2.05, 4.69) is 10.1 Å². The van der Waals surface area contributed by atoms with Crippen molar-refractivity contribution in [2.24, 2.45) is 0 Å². The van der Waals surface area contributed by atoms with Gasteiger partial charge in [0.1, 0.15) is 5.82 Å². The molecule has 0 aliphatic rings. The van der Waals surface area contributed by atoms with Crippen LogP contribution in [-0.4, -0.2) is 13.1 Å². The number of methoxy groups -OCH3 is 1. The van der Waals surface area contributed by atoms with Crippen molar-refractivity contribution in [1.29, 1.82) is 0 Å². The summed E-state index contributed by atoms with van der Waals surface area (Å²) in [6.07, 6.45) is 0. The van der Waals surface area contributed by atoms with Crippen LogP contribution in [0.2, 0.25) is 0 Å². The first-order valence-corrected chi connectivity index (χ1v) is 6.31. The van der Waals surface area contributed by atoms with Gasteiger partial charge in [-0.3, -0.25) is 0 Å². The lowest BCUT2D eigenvalue weighted by atomic mass is 10.1. The van der Waals surface area contributed by atoms with Crippen LogP contribution in [0, 0.1) is 5.82 Å². The van der Waals surface area contributed by atoms with Gasteiger partial charge in [-0.25, -0.2) is 9.18 Å². The number of anilines is 1. The molecule has 1 N–H and O–H groups in total. The SMILES string of the molecule is COC(=O)c1cccc(NC(C)c2ccccc2F)c1. The predicted molar refractivity (Wildman–Crippen MR) is 76.2 cm³/mol. The smallest absolute Gasteiger partial charge is 0.337 e. The summed E-state index contributed by atoms with van der Waals surface area (Å²) in [5.74, 6) is -0.649. The van der Waals surface area contributed by atoms with E-state index in [9.17, 15) is 9.18 Å². The molecule has 1 atom stereocenters. The molecular weight excluding hydrogens is 257 g/mol. The number of carbonyl (C=O) groups is 1. The Morgan fingerprint density at radius 2 is 1.95 bits per heavy atom. The van der Waals surface area contributed by atoms with E-state index >= 15 is 0 Å². The zero-order valence-corrected chi connectivity index (χ0v) is 11.4. The van der Waals surface area contributed by atoms with Crippen LogP contribution in [0.4, 0.5) is 10.1 Å². The largest absolute Gasteiger partial charge is 0.465 e. The van der Waals surface area contributed by atoms with Crippen LogP contribution in [0.25, 0.3) is 0 Å². The van der Waals surface area contributed by atoms with Crippen molar-refractivity contribution in [3.63, 3.8) is 0 Å². The van der Waals surface area contributed by atoms with Crippen molar-refractivity contribution in [3.8, 4) is 0 Å². The molecular formula is C16H16FNO2. The Bertz CT molecular complexity index is 613. The summed E-state index contributed by atoms with van der Waals surface area (Å²) in [7, 11) is 1.34. The highest BCUT2D eigenvalue weighted by Crippen LogP contribution is 2.22. The second kappa shape index (κ2) is 6.19. The van der Waals surface area contributed by atoms with E-state index in [4.69, 9.17) is 0 Å². The first-order chi connectivity index (χ1) is 9.61. The standard InChI is InChI=1S/C16H16FNO2/c1-11(14-8-3-4-9-15(14)17)18-13-7-5-6-12(10-13)16(19)20-2/h3-11,18H,1-2H3. The Morgan fingerprint density at radius 1 is 1.20 bits per heavy atom. The molecule has 0 bridgehead atoms. The molecule has 0 aliphatic carbocycles. The molecule has 0 spiro atoms. The van der Waals surface area contributed by atoms with Gasteiger partial charge in [0.15, 0.2) is 0 Å². The molecule has 20 heavy (non-hydrogen) atoms. The Hall–Kier alpha value is -2.36. The number of hydrogen-bond donors (Lipinski definition) is 1. The molecule has 2 aromatic rings. The van der Waals surface area contributed by atoms with Crippen molar-refractivity contribution in [1.82, 2.24) is 0 Å². The lowest BCUT2D eigenvalue weighted by Crippen LogP contribution is -2.09. The van der Waals surface area contributed by atoms with Gasteiger partial charge >= 0.3 is 5.97 Å². The van der Waals surface area contributed by atoms with Crippen LogP contribution >= 0.6 is 0 Å². The summed E-state index contributed by atoms with van der Waals surface area (Å²) < 4.78 is 18.4. The van der Waals surface area contributed by atoms with Gasteiger partial charge in [0.05, 0.1) is 18.7 Å². The van der Waals surface area contributed by atoms with E-state index in [0.717, 1.165) is 5.69 Å². The summed E-state index contributed by atoms with van der Waals surface area (Å²) in [5.41, 5.74) is 1.78. The zero-order valence-electron chi connectivity index (χ0n) is 11.4. The number of hydrogen-bond acceptors (Lipinski definition) is 3. The average Bonchev–Trinajstić information content (AvgIpc) is 2.47. The summed E-state index contributed by atoms with van der Waals surface area (Å²) in [6, 6.07) is 13.3. The third kappa shape index (κ3) is 3.15. The molecule has 3 nitrogen and oxygen atoms in total. The molecule has 0 aromatic heterocycles. The maximum atomic E-state index is 13.7. The van der Waals surface area contributed by atoms with Crippen LogP contribution in [0.15, 0.2) is 48.5 Å². The second-order valence-corrected chi connectivity index (χ2v) is 4.46. The van der Waals surface area contributed by atoms with Gasteiger partial charge in [0, 0.05) is 11.3 Å². The lowest BCUT2D eigenvalue weighted by Gasteiger charge is -2.16. The lowest BCUT2D eigenvalue weighted by molar-refractivity contribution is 0.0601. The van der Waals surface area contributed by atoms with E-state index < -0.39 is 5.97 Å². The molecule has 0 heterocycles. The minimum atomic E-state index is -0.396. The zero-order chi connectivity index (χ0) is 14.5. The van der Waals surface area contributed by atoms with Gasteiger partial charge in [0.2, 0.25) is 0 Å². The second-order valence-electron chi connectivity index (χ2n) is 4.46. The van der Waals surface area contributed by atoms with Crippen LogP contribution in [-0.2, 0) is 4.74 Å². The Labute approximate surface area is 117 Å². The predicted octanol–water partition coefficient (Wildman–Crippen LogP) is 3.79. The third-order valence-corrected chi connectivity index (χ3v) is 3.04. The van der Waals surface area contributed by atoms with E-state index in [1.165, 1.54) is 13.2 Å². The highest BCUT2D eigenvalue weighted by atomic mass is 19.1.